The highest BCUT2D eigenvalue weighted by Crippen LogP contribution is 2.57. The number of hydrogen-bond acceptors (Lipinski definition) is 4. The quantitative estimate of drug-likeness (QED) is 0.437. The molecule has 198 valence electrons. The minimum atomic E-state index is -1.29. The molecule has 4 N–H and O–H groups in total. The molecule has 0 bridgehead atoms. The number of rotatable bonds is 4. The predicted octanol–water partition coefficient (Wildman–Crippen LogP) is 4.91. The summed E-state index contributed by atoms with van der Waals surface area (Å²) < 4.78 is 15.7. The average molecular weight is 548 g/mol. The van der Waals surface area contributed by atoms with Gasteiger partial charge in [-0.25, -0.2) is 4.39 Å². The van der Waals surface area contributed by atoms with E-state index >= 15 is 4.39 Å². The van der Waals surface area contributed by atoms with E-state index in [0.29, 0.717) is 35.5 Å². The second kappa shape index (κ2) is 8.94. The van der Waals surface area contributed by atoms with Gasteiger partial charge in [-0.1, -0.05) is 62.2 Å². The molecule has 1 spiro atoms. The number of anilines is 1. The molecule has 1 saturated heterocycles. The van der Waals surface area contributed by atoms with Crippen molar-refractivity contribution in [1.29, 1.82) is 0 Å². The summed E-state index contributed by atoms with van der Waals surface area (Å²) in [4.78, 5) is 27.9. The Kier molecular flexibility index (Phi) is 6.38. The fraction of sp³-hybridized carbons (Fsp3) is 0.500. The minimum Gasteiger partial charge on any atom is -0.390 e. The first kappa shape index (κ1) is 26.4. The van der Waals surface area contributed by atoms with E-state index in [1.807, 2.05) is 0 Å². The number of aliphatic hydroxyl groups is 1. The minimum absolute atomic E-state index is 0.0733. The van der Waals surface area contributed by atoms with Gasteiger partial charge in [-0.05, 0) is 60.9 Å². The van der Waals surface area contributed by atoms with E-state index in [0.717, 1.165) is 0 Å². The van der Waals surface area contributed by atoms with Crippen LogP contribution in [0.3, 0.4) is 0 Å². The largest absolute Gasteiger partial charge is 0.390 e. The van der Waals surface area contributed by atoms with Crippen molar-refractivity contribution in [2.45, 2.75) is 82.0 Å². The average Bonchev–Trinajstić information content (AvgIpc) is 3.23. The first-order chi connectivity index (χ1) is 17.2. The molecule has 0 unspecified atom stereocenters. The van der Waals surface area contributed by atoms with Gasteiger partial charge in [0, 0.05) is 28.7 Å². The lowest BCUT2D eigenvalue weighted by molar-refractivity contribution is -0.127. The number of fused-ring (bicyclic) bond motifs is 2. The topological polar surface area (TPSA) is 90.5 Å². The van der Waals surface area contributed by atoms with Gasteiger partial charge in [0.2, 0.25) is 11.8 Å². The van der Waals surface area contributed by atoms with Crippen molar-refractivity contribution >= 4 is 40.7 Å². The predicted molar refractivity (Wildman–Crippen MR) is 142 cm³/mol. The van der Waals surface area contributed by atoms with E-state index in [2.05, 4.69) is 36.7 Å². The van der Waals surface area contributed by atoms with Gasteiger partial charge in [-0.2, -0.15) is 0 Å². The number of amides is 2. The summed E-state index contributed by atoms with van der Waals surface area (Å²) >= 11 is 12.5. The zero-order valence-electron chi connectivity index (χ0n) is 21.3. The second-order valence-corrected chi connectivity index (χ2v) is 13.0. The lowest BCUT2D eigenvalue weighted by atomic mass is 9.62. The van der Waals surface area contributed by atoms with Gasteiger partial charge in [0.05, 0.1) is 16.7 Å². The Balaban J connectivity index is 1.69. The zero-order valence-corrected chi connectivity index (χ0v) is 22.8. The van der Waals surface area contributed by atoms with Gasteiger partial charge in [0.15, 0.2) is 0 Å². The van der Waals surface area contributed by atoms with Crippen LogP contribution in [0, 0.1) is 11.2 Å². The van der Waals surface area contributed by atoms with Crippen LogP contribution >= 0.6 is 23.2 Å². The summed E-state index contributed by atoms with van der Waals surface area (Å²) in [6.07, 6.45) is 1.41. The Labute approximate surface area is 226 Å². The van der Waals surface area contributed by atoms with E-state index in [-0.39, 0.29) is 33.9 Å². The maximum atomic E-state index is 15.7. The molecule has 5 rings (SSSR count). The van der Waals surface area contributed by atoms with Gasteiger partial charge in [-0.3, -0.25) is 9.59 Å². The normalized spacial score (nSPS) is 32.7. The van der Waals surface area contributed by atoms with E-state index < -0.39 is 34.8 Å². The Bertz CT molecular complexity index is 1270. The van der Waals surface area contributed by atoms with Gasteiger partial charge in [0.1, 0.15) is 11.2 Å². The molecule has 1 aliphatic carbocycles. The van der Waals surface area contributed by atoms with Crippen molar-refractivity contribution in [2.24, 2.45) is 5.41 Å². The van der Waals surface area contributed by atoms with Crippen LogP contribution in [0.1, 0.15) is 64.0 Å². The lowest BCUT2D eigenvalue weighted by Crippen LogP contribution is -2.57. The Morgan fingerprint density at radius 2 is 1.92 bits per heavy atom. The summed E-state index contributed by atoms with van der Waals surface area (Å²) in [6.45, 7) is 7.93. The number of carbonyl (C=O) groups excluding carboxylic acids is 2. The molecule has 0 radical (unpaired) electrons. The second-order valence-electron chi connectivity index (χ2n) is 12.2. The van der Waals surface area contributed by atoms with Crippen molar-refractivity contribution in [1.82, 2.24) is 10.6 Å². The third-order valence-corrected chi connectivity index (χ3v) is 8.47. The highest BCUT2D eigenvalue weighted by Gasteiger charge is 2.66. The molecule has 2 heterocycles. The molecule has 6 nitrogen and oxygen atoms in total. The van der Waals surface area contributed by atoms with Crippen LogP contribution in [0.2, 0.25) is 10.0 Å². The Morgan fingerprint density at radius 1 is 1.22 bits per heavy atom. The number of hydrogen-bond donors (Lipinski definition) is 4. The molecule has 3 aliphatic rings. The fourth-order valence-corrected chi connectivity index (χ4v) is 6.90. The number of carbonyl (C=O) groups is 2. The van der Waals surface area contributed by atoms with Crippen molar-refractivity contribution in [3.05, 3.63) is 63.4 Å². The van der Waals surface area contributed by atoms with Gasteiger partial charge in [0.25, 0.3) is 0 Å². The molecule has 2 aromatic carbocycles. The molecule has 2 aliphatic heterocycles. The fourth-order valence-electron chi connectivity index (χ4n) is 6.55. The SMILES string of the molecule is CC(C)(C)C[C@H]1N[C@@H](C(=O)NC2CC(C)(O)C2)[C@H](c2cccc(Cl)c2F)[C@@]12C(=O)Nc1cc(Cl)ccc12. The standard InChI is InChI=1S/C28H32Cl2FN3O3/c1-26(2,3)13-20-28(17-9-8-14(29)10-19(17)33-25(28)36)21(16-6-5-7-18(30)22(16)31)23(34-20)24(35)32-15-11-27(4,37)12-15/h5-10,15,20-21,23,34,37H,11-13H2,1-4H3,(H,32,35)(H,33,36)/t15?,20-,21+,23-,27?,28+/m1/s1. The van der Waals surface area contributed by atoms with Gasteiger partial charge < -0.3 is 21.1 Å². The van der Waals surface area contributed by atoms with Crippen LogP contribution in [0.5, 0.6) is 0 Å². The van der Waals surface area contributed by atoms with Crippen LogP contribution in [0.15, 0.2) is 36.4 Å². The van der Waals surface area contributed by atoms with Gasteiger partial charge >= 0.3 is 0 Å². The number of halogens is 3. The molecule has 1 saturated carbocycles. The summed E-state index contributed by atoms with van der Waals surface area (Å²) in [5, 5.41) is 20.0. The molecule has 9 heteroatoms. The van der Waals surface area contributed by atoms with Gasteiger partial charge in [-0.15, -0.1) is 0 Å². The van der Waals surface area contributed by atoms with Crippen molar-refractivity contribution in [3.8, 4) is 0 Å². The molecule has 2 amide bonds. The molecule has 2 aromatic rings. The third kappa shape index (κ3) is 4.44. The van der Waals surface area contributed by atoms with Crippen LogP contribution in [-0.4, -0.2) is 40.6 Å². The highest BCUT2D eigenvalue weighted by molar-refractivity contribution is 6.31. The summed E-state index contributed by atoms with van der Waals surface area (Å²) in [6, 6.07) is 8.29. The van der Waals surface area contributed by atoms with Crippen LogP contribution < -0.4 is 16.0 Å². The van der Waals surface area contributed by atoms with Crippen LogP contribution in [-0.2, 0) is 15.0 Å². The smallest absolute Gasteiger partial charge is 0.238 e. The monoisotopic (exact) mass is 547 g/mol. The maximum Gasteiger partial charge on any atom is 0.238 e. The first-order valence-corrected chi connectivity index (χ1v) is 13.3. The Hall–Kier alpha value is -2.19. The van der Waals surface area contributed by atoms with Crippen molar-refractivity contribution < 1.29 is 19.1 Å². The van der Waals surface area contributed by atoms with E-state index in [1.54, 1.807) is 37.3 Å². The molecular formula is C28H32Cl2FN3O3. The zero-order chi connectivity index (χ0) is 26.9. The van der Waals surface area contributed by atoms with Crippen molar-refractivity contribution in [3.63, 3.8) is 0 Å². The van der Waals surface area contributed by atoms with Crippen LogP contribution in [0.25, 0.3) is 0 Å². The summed E-state index contributed by atoms with van der Waals surface area (Å²) in [5.74, 6) is -2.18. The molecular weight excluding hydrogens is 516 g/mol. The van der Waals surface area contributed by atoms with E-state index in [9.17, 15) is 14.7 Å². The maximum absolute atomic E-state index is 15.7. The first-order valence-electron chi connectivity index (χ1n) is 12.6. The summed E-state index contributed by atoms with van der Waals surface area (Å²) in [5.41, 5.74) is -0.882. The lowest BCUT2D eigenvalue weighted by Gasteiger charge is -2.42. The molecule has 2 fully saturated rings. The van der Waals surface area contributed by atoms with Crippen molar-refractivity contribution in [2.75, 3.05) is 5.32 Å². The Morgan fingerprint density at radius 3 is 2.57 bits per heavy atom. The van der Waals surface area contributed by atoms with Crippen LogP contribution in [0.4, 0.5) is 10.1 Å². The third-order valence-electron chi connectivity index (χ3n) is 7.94. The van der Waals surface area contributed by atoms with E-state index in [1.165, 1.54) is 6.07 Å². The van der Waals surface area contributed by atoms with E-state index in [4.69, 9.17) is 23.2 Å². The number of nitrogens with one attached hydrogen (secondary N) is 3. The highest BCUT2D eigenvalue weighted by atomic mass is 35.5. The molecule has 0 aromatic heterocycles. The molecule has 4 atom stereocenters. The summed E-state index contributed by atoms with van der Waals surface area (Å²) in [7, 11) is 0. The molecule has 37 heavy (non-hydrogen) atoms. The number of benzene rings is 2.